The Morgan fingerprint density at radius 1 is 1.25 bits per heavy atom. The highest BCUT2D eigenvalue weighted by molar-refractivity contribution is 7.09. The molecule has 1 aromatic heterocycles. The van der Waals surface area contributed by atoms with Crippen molar-refractivity contribution in [2.24, 2.45) is 0 Å². The van der Waals surface area contributed by atoms with Crippen molar-refractivity contribution in [3.05, 3.63) is 58.3 Å². The Kier molecular flexibility index (Phi) is 4.93. The molecule has 0 saturated heterocycles. The highest BCUT2D eigenvalue weighted by atomic mass is 32.1. The van der Waals surface area contributed by atoms with E-state index in [0.29, 0.717) is 6.42 Å². The van der Waals surface area contributed by atoms with Crippen LogP contribution in [0.15, 0.2) is 47.8 Å². The molecule has 0 saturated carbocycles. The van der Waals surface area contributed by atoms with Crippen LogP contribution in [-0.2, 0) is 16.8 Å². The second kappa shape index (κ2) is 6.68. The van der Waals surface area contributed by atoms with Crippen molar-refractivity contribution in [1.29, 1.82) is 0 Å². The van der Waals surface area contributed by atoms with Gasteiger partial charge in [-0.15, -0.1) is 11.3 Å². The number of aryl methyl sites for hydroxylation is 1. The lowest BCUT2D eigenvalue weighted by atomic mass is 9.96. The first-order valence-corrected chi connectivity index (χ1v) is 7.53. The van der Waals surface area contributed by atoms with Gasteiger partial charge in [0.25, 0.3) is 0 Å². The first-order chi connectivity index (χ1) is 9.58. The summed E-state index contributed by atoms with van der Waals surface area (Å²) in [5.41, 5.74) is -0.238. The molecule has 0 aliphatic rings. The van der Waals surface area contributed by atoms with Gasteiger partial charge >= 0.3 is 0 Å². The van der Waals surface area contributed by atoms with Crippen molar-refractivity contribution in [2.45, 2.75) is 25.4 Å². The molecule has 0 bridgehead atoms. The molecule has 0 radical (unpaired) electrons. The maximum Gasteiger partial charge on any atom is 0.220 e. The van der Waals surface area contributed by atoms with E-state index in [1.165, 1.54) is 4.88 Å². The molecule has 0 spiro atoms. The van der Waals surface area contributed by atoms with Gasteiger partial charge in [0.1, 0.15) is 5.60 Å². The maximum absolute atomic E-state index is 11.8. The number of rotatable bonds is 6. The minimum Gasteiger partial charge on any atom is -0.384 e. The SMILES string of the molecule is CC(O)(CNC(=O)CCc1cccs1)c1ccccc1. The summed E-state index contributed by atoms with van der Waals surface area (Å²) < 4.78 is 0. The maximum atomic E-state index is 11.8. The fraction of sp³-hybridized carbons (Fsp3) is 0.312. The van der Waals surface area contributed by atoms with E-state index in [9.17, 15) is 9.90 Å². The molecule has 1 heterocycles. The summed E-state index contributed by atoms with van der Waals surface area (Å²) in [6.07, 6.45) is 1.20. The summed E-state index contributed by atoms with van der Waals surface area (Å²) >= 11 is 1.66. The van der Waals surface area contributed by atoms with E-state index in [1.807, 2.05) is 47.8 Å². The summed E-state index contributed by atoms with van der Waals surface area (Å²) in [4.78, 5) is 13.0. The third-order valence-corrected chi connectivity index (χ3v) is 4.14. The Morgan fingerprint density at radius 3 is 2.65 bits per heavy atom. The first kappa shape index (κ1) is 14.8. The Bertz CT molecular complexity index is 535. The van der Waals surface area contributed by atoms with Crippen LogP contribution in [0.2, 0.25) is 0 Å². The van der Waals surface area contributed by atoms with Crippen molar-refractivity contribution in [3.63, 3.8) is 0 Å². The smallest absolute Gasteiger partial charge is 0.220 e. The number of hydrogen-bond acceptors (Lipinski definition) is 3. The highest BCUT2D eigenvalue weighted by Gasteiger charge is 2.23. The molecule has 2 aromatic rings. The molecule has 1 atom stereocenters. The number of hydrogen-bond donors (Lipinski definition) is 2. The zero-order chi connectivity index (χ0) is 14.4. The molecule has 3 nitrogen and oxygen atoms in total. The quantitative estimate of drug-likeness (QED) is 0.859. The van der Waals surface area contributed by atoms with E-state index < -0.39 is 5.60 Å². The molecule has 20 heavy (non-hydrogen) atoms. The summed E-state index contributed by atoms with van der Waals surface area (Å²) in [6, 6.07) is 13.4. The van der Waals surface area contributed by atoms with Crippen molar-refractivity contribution >= 4 is 17.2 Å². The molecule has 1 unspecified atom stereocenters. The number of carbonyl (C=O) groups is 1. The number of benzene rings is 1. The van der Waals surface area contributed by atoms with Crippen LogP contribution in [0.1, 0.15) is 23.8 Å². The van der Waals surface area contributed by atoms with Gasteiger partial charge in [0.15, 0.2) is 0 Å². The number of amides is 1. The molecular formula is C16H19NO2S. The number of nitrogens with one attached hydrogen (secondary N) is 1. The molecule has 4 heteroatoms. The molecule has 106 valence electrons. The van der Waals surface area contributed by atoms with E-state index in [2.05, 4.69) is 5.32 Å². The van der Waals surface area contributed by atoms with Gasteiger partial charge in [-0.2, -0.15) is 0 Å². The Morgan fingerprint density at radius 2 is 2.00 bits per heavy atom. The molecule has 0 fully saturated rings. The van der Waals surface area contributed by atoms with Crippen LogP contribution >= 0.6 is 11.3 Å². The van der Waals surface area contributed by atoms with E-state index in [-0.39, 0.29) is 12.5 Å². The molecular weight excluding hydrogens is 270 g/mol. The average molecular weight is 289 g/mol. The first-order valence-electron chi connectivity index (χ1n) is 6.65. The van der Waals surface area contributed by atoms with Gasteiger partial charge in [-0.05, 0) is 30.4 Å². The van der Waals surface area contributed by atoms with Gasteiger partial charge < -0.3 is 10.4 Å². The van der Waals surface area contributed by atoms with Crippen molar-refractivity contribution < 1.29 is 9.90 Å². The van der Waals surface area contributed by atoms with Crippen LogP contribution in [0.4, 0.5) is 0 Å². The molecule has 0 aliphatic heterocycles. The van der Waals surface area contributed by atoms with Gasteiger partial charge in [0.05, 0.1) is 6.54 Å². The second-order valence-corrected chi connectivity index (χ2v) is 6.03. The molecule has 2 rings (SSSR count). The van der Waals surface area contributed by atoms with Gasteiger partial charge in [-0.1, -0.05) is 36.4 Å². The summed E-state index contributed by atoms with van der Waals surface area (Å²) in [5, 5.41) is 15.2. The van der Waals surface area contributed by atoms with Crippen molar-refractivity contribution in [1.82, 2.24) is 5.32 Å². The van der Waals surface area contributed by atoms with Crippen LogP contribution in [0, 0.1) is 0 Å². The fourth-order valence-electron chi connectivity index (χ4n) is 1.95. The van der Waals surface area contributed by atoms with Crippen molar-refractivity contribution in [2.75, 3.05) is 6.54 Å². The Balaban J connectivity index is 1.80. The minimum atomic E-state index is -1.04. The van der Waals surface area contributed by atoms with Crippen LogP contribution in [0.3, 0.4) is 0 Å². The van der Waals surface area contributed by atoms with E-state index in [0.717, 1.165) is 12.0 Å². The standard InChI is InChI=1S/C16H19NO2S/c1-16(19,13-6-3-2-4-7-13)12-17-15(18)10-9-14-8-5-11-20-14/h2-8,11,19H,9-10,12H2,1H3,(H,17,18). The van der Waals surface area contributed by atoms with Crippen LogP contribution in [0.5, 0.6) is 0 Å². The average Bonchev–Trinajstić information content (AvgIpc) is 2.97. The van der Waals surface area contributed by atoms with Crippen LogP contribution < -0.4 is 5.32 Å². The zero-order valence-electron chi connectivity index (χ0n) is 11.5. The Labute approximate surface area is 123 Å². The minimum absolute atomic E-state index is 0.0328. The lowest BCUT2D eigenvalue weighted by molar-refractivity contribution is -0.122. The fourth-order valence-corrected chi connectivity index (χ4v) is 2.66. The number of carbonyl (C=O) groups excluding carboxylic acids is 1. The third kappa shape index (κ3) is 4.18. The zero-order valence-corrected chi connectivity index (χ0v) is 12.3. The topological polar surface area (TPSA) is 49.3 Å². The van der Waals surface area contributed by atoms with Gasteiger partial charge in [0.2, 0.25) is 5.91 Å². The molecule has 1 amide bonds. The molecule has 2 N–H and O–H groups in total. The normalized spacial score (nSPS) is 13.7. The molecule has 1 aromatic carbocycles. The molecule has 0 aliphatic carbocycles. The van der Waals surface area contributed by atoms with Gasteiger partial charge in [-0.3, -0.25) is 4.79 Å². The predicted molar refractivity (Wildman–Crippen MR) is 81.7 cm³/mol. The van der Waals surface area contributed by atoms with E-state index >= 15 is 0 Å². The summed E-state index contributed by atoms with van der Waals surface area (Å²) in [6.45, 7) is 1.93. The number of aliphatic hydroxyl groups is 1. The Hall–Kier alpha value is -1.65. The lowest BCUT2D eigenvalue weighted by Crippen LogP contribution is -2.38. The van der Waals surface area contributed by atoms with Gasteiger partial charge in [-0.25, -0.2) is 0 Å². The van der Waals surface area contributed by atoms with E-state index in [1.54, 1.807) is 18.3 Å². The summed E-state index contributed by atoms with van der Waals surface area (Å²) in [7, 11) is 0. The second-order valence-electron chi connectivity index (χ2n) is 5.00. The largest absolute Gasteiger partial charge is 0.384 e. The third-order valence-electron chi connectivity index (χ3n) is 3.20. The van der Waals surface area contributed by atoms with Crippen LogP contribution in [0.25, 0.3) is 0 Å². The number of thiophene rings is 1. The van der Waals surface area contributed by atoms with Crippen LogP contribution in [-0.4, -0.2) is 17.6 Å². The highest BCUT2D eigenvalue weighted by Crippen LogP contribution is 2.19. The summed E-state index contributed by atoms with van der Waals surface area (Å²) in [5.74, 6) is -0.0328. The predicted octanol–water partition coefficient (Wildman–Crippen LogP) is 2.70. The monoisotopic (exact) mass is 289 g/mol. The van der Waals surface area contributed by atoms with E-state index in [4.69, 9.17) is 0 Å². The lowest BCUT2D eigenvalue weighted by Gasteiger charge is -2.24. The van der Waals surface area contributed by atoms with Gasteiger partial charge in [0, 0.05) is 11.3 Å². The van der Waals surface area contributed by atoms with Crippen molar-refractivity contribution in [3.8, 4) is 0 Å².